The first-order chi connectivity index (χ1) is 13.0. The highest BCUT2D eigenvalue weighted by molar-refractivity contribution is 5.92. The molecule has 0 spiro atoms. The van der Waals surface area contributed by atoms with Crippen molar-refractivity contribution in [3.8, 4) is 11.5 Å². The van der Waals surface area contributed by atoms with E-state index < -0.39 is 0 Å². The number of hydrogen-bond donors (Lipinski definition) is 1. The van der Waals surface area contributed by atoms with Crippen molar-refractivity contribution in [1.29, 1.82) is 0 Å². The fraction of sp³-hybridized carbons (Fsp3) is 0.609. The third kappa shape index (κ3) is 3.46. The van der Waals surface area contributed by atoms with E-state index in [0.29, 0.717) is 16.9 Å². The smallest absolute Gasteiger partial charge is 0.244 e. The first-order valence-corrected chi connectivity index (χ1v) is 10.2. The maximum absolute atomic E-state index is 12.6. The summed E-state index contributed by atoms with van der Waals surface area (Å²) in [7, 11) is 3.23. The van der Waals surface area contributed by atoms with Gasteiger partial charge in [-0.15, -0.1) is 0 Å². The molecule has 4 nitrogen and oxygen atoms in total. The Balaban J connectivity index is 1.43. The van der Waals surface area contributed by atoms with Crippen molar-refractivity contribution < 1.29 is 14.3 Å². The van der Waals surface area contributed by atoms with Gasteiger partial charge in [0.2, 0.25) is 5.91 Å². The van der Waals surface area contributed by atoms with Crippen LogP contribution in [0.1, 0.15) is 51.0 Å². The van der Waals surface area contributed by atoms with E-state index >= 15 is 0 Å². The van der Waals surface area contributed by atoms with Gasteiger partial charge in [-0.3, -0.25) is 4.79 Å². The molecule has 4 bridgehead atoms. The SMILES string of the molecule is COc1cccc(/C=C/C(=O)N[C@@H](C)C23CC4CC(CC(C4)C2)C3)c1OC. The molecule has 0 saturated heterocycles. The molecule has 0 aromatic heterocycles. The van der Waals surface area contributed by atoms with Crippen LogP contribution in [0.4, 0.5) is 0 Å². The van der Waals surface area contributed by atoms with Gasteiger partial charge in [-0.1, -0.05) is 12.1 Å². The lowest BCUT2D eigenvalue weighted by atomic mass is 9.48. The lowest BCUT2D eigenvalue weighted by Gasteiger charge is -2.59. The summed E-state index contributed by atoms with van der Waals surface area (Å²) in [5.74, 6) is 3.98. The minimum absolute atomic E-state index is 0.0249. The molecule has 4 heteroatoms. The monoisotopic (exact) mass is 369 g/mol. The van der Waals surface area contributed by atoms with Crippen molar-refractivity contribution in [2.45, 2.75) is 51.5 Å². The van der Waals surface area contributed by atoms with Gasteiger partial charge in [-0.25, -0.2) is 0 Å². The second kappa shape index (κ2) is 7.21. The summed E-state index contributed by atoms with van der Waals surface area (Å²) in [5, 5.41) is 3.28. The Morgan fingerprint density at radius 3 is 2.30 bits per heavy atom. The number of benzene rings is 1. The molecular weight excluding hydrogens is 338 g/mol. The highest BCUT2D eigenvalue weighted by atomic mass is 16.5. The second-order valence-corrected chi connectivity index (χ2v) is 8.93. The third-order valence-corrected chi connectivity index (χ3v) is 7.21. The van der Waals surface area contributed by atoms with Crippen molar-refractivity contribution in [3.05, 3.63) is 29.8 Å². The van der Waals surface area contributed by atoms with Crippen molar-refractivity contribution >= 4 is 12.0 Å². The van der Waals surface area contributed by atoms with Gasteiger partial charge in [0.15, 0.2) is 11.5 Å². The highest BCUT2D eigenvalue weighted by Gasteiger charge is 2.53. The minimum atomic E-state index is -0.0249. The molecule has 0 aliphatic heterocycles. The number of para-hydroxylation sites is 1. The Bertz CT molecular complexity index is 704. The highest BCUT2D eigenvalue weighted by Crippen LogP contribution is 2.61. The Labute approximate surface area is 162 Å². The van der Waals surface area contributed by atoms with Gasteiger partial charge in [0.1, 0.15) is 0 Å². The Morgan fingerprint density at radius 2 is 1.74 bits per heavy atom. The topological polar surface area (TPSA) is 47.6 Å². The van der Waals surface area contributed by atoms with Crippen LogP contribution in [0.25, 0.3) is 6.08 Å². The first-order valence-electron chi connectivity index (χ1n) is 10.2. The van der Waals surface area contributed by atoms with Gasteiger partial charge < -0.3 is 14.8 Å². The molecule has 0 radical (unpaired) electrons. The van der Waals surface area contributed by atoms with Crippen LogP contribution in [-0.2, 0) is 4.79 Å². The molecule has 27 heavy (non-hydrogen) atoms. The van der Waals surface area contributed by atoms with E-state index in [-0.39, 0.29) is 11.9 Å². The fourth-order valence-corrected chi connectivity index (χ4v) is 6.33. The normalized spacial score (nSPS) is 32.5. The zero-order chi connectivity index (χ0) is 19.0. The summed E-state index contributed by atoms with van der Waals surface area (Å²) >= 11 is 0. The van der Waals surface area contributed by atoms with Crippen LogP contribution in [0.15, 0.2) is 24.3 Å². The number of carbonyl (C=O) groups is 1. The standard InChI is InChI=1S/C23H31NO3/c1-15(23-12-16-9-17(13-23)11-18(10-16)14-23)24-21(25)8-7-19-5-4-6-20(26-2)22(19)27-3/h4-8,15-18H,9-14H2,1-3H3,(H,24,25)/b8-7+/t15-,16?,17?,18?,23?/m0/s1. The molecule has 5 rings (SSSR count). The number of nitrogens with one attached hydrogen (secondary N) is 1. The van der Waals surface area contributed by atoms with Gasteiger partial charge >= 0.3 is 0 Å². The van der Waals surface area contributed by atoms with E-state index in [9.17, 15) is 4.79 Å². The fourth-order valence-electron chi connectivity index (χ4n) is 6.33. The molecular formula is C23H31NO3. The van der Waals surface area contributed by atoms with E-state index in [1.54, 1.807) is 20.3 Å². The van der Waals surface area contributed by atoms with Crippen LogP contribution in [-0.4, -0.2) is 26.2 Å². The third-order valence-electron chi connectivity index (χ3n) is 7.21. The van der Waals surface area contributed by atoms with Crippen molar-refractivity contribution in [2.75, 3.05) is 14.2 Å². The van der Waals surface area contributed by atoms with Crippen LogP contribution in [0.2, 0.25) is 0 Å². The van der Waals surface area contributed by atoms with E-state index in [1.807, 2.05) is 24.3 Å². The van der Waals surface area contributed by atoms with Gasteiger partial charge in [0, 0.05) is 17.7 Å². The molecule has 4 aliphatic carbocycles. The average Bonchev–Trinajstić information content (AvgIpc) is 2.64. The van der Waals surface area contributed by atoms with Crippen LogP contribution >= 0.6 is 0 Å². The molecule has 4 aliphatic rings. The lowest BCUT2D eigenvalue weighted by molar-refractivity contribution is -0.121. The number of rotatable bonds is 6. The zero-order valence-corrected chi connectivity index (χ0v) is 16.7. The molecule has 0 heterocycles. The zero-order valence-electron chi connectivity index (χ0n) is 16.7. The van der Waals surface area contributed by atoms with E-state index in [1.165, 1.54) is 38.5 Å². The maximum Gasteiger partial charge on any atom is 0.244 e. The molecule has 4 fully saturated rings. The van der Waals surface area contributed by atoms with Crippen LogP contribution in [0, 0.1) is 23.2 Å². The molecule has 1 amide bonds. The van der Waals surface area contributed by atoms with Crippen LogP contribution < -0.4 is 14.8 Å². The molecule has 0 unspecified atom stereocenters. The van der Waals surface area contributed by atoms with E-state index in [0.717, 1.165) is 23.3 Å². The summed E-state index contributed by atoms with van der Waals surface area (Å²) in [6, 6.07) is 5.91. The second-order valence-electron chi connectivity index (χ2n) is 8.93. The van der Waals surface area contributed by atoms with Crippen LogP contribution in [0.5, 0.6) is 11.5 Å². The van der Waals surface area contributed by atoms with Gasteiger partial charge in [-0.05, 0) is 80.8 Å². The molecule has 1 aromatic rings. The van der Waals surface area contributed by atoms with Crippen LogP contribution in [0.3, 0.4) is 0 Å². The summed E-state index contributed by atoms with van der Waals surface area (Å²) < 4.78 is 10.8. The number of carbonyl (C=O) groups excluding carboxylic acids is 1. The average molecular weight is 370 g/mol. The van der Waals surface area contributed by atoms with E-state index in [2.05, 4.69) is 12.2 Å². The predicted octanol–water partition coefficient (Wildman–Crippen LogP) is 4.44. The number of hydrogen-bond acceptors (Lipinski definition) is 3. The maximum atomic E-state index is 12.6. The largest absolute Gasteiger partial charge is 0.493 e. The first kappa shape index (κ1) is 18.4. The number of ether oxygens (including phenoxy) is 2. The lowest BCUT2D eigenvalue weighted by Crippen LogP contribution is -2.55. The molecule has 4 saturated carbocycles. The summed E-state index contributed by atoms with van der Waals surface area (Å²) in [4.78, 5) is 12.6. The van der Waals surface area contributed by atoms with Gasteiger partial charge in [0.25, 0.3) is 0 Å². The predicted molar refractivity (Wildman–Crippen MR) is 107 cm³/mol. The Morgan fingerprint density at radius 1 is 1.11 bits per heavy atom. The molecule has 1 atom stereocenters. The summed E-state index contributed by atoms with van der Waals surface area (Å²) in [6.45, 7) is 2.21. The van der Waals surface area contributed by atoms with Crippen molar-refractivity contribution in [1.82, 2.24) is 5.32 Å². The van der Waals surface area contributed by atoms with Crippen molar-refractivity contribution in [3.63, 3.8) is 0 Å². The minimum Gasteiger partial charge on any atom is -0.493 e. The summed E-state index contributed by atoms with van der Waals surface area (Å²) in [5.41, 5.74) is 1.17. The number of methoxy groups -OCH3 is 2. The molecule has 1 N–H and O–H groups in total. The van der Waals surface area contributed by atoms with Gasteiger partial charge in [0.05, 0.1) is 14.2 Å². The van der Waals surface area contributed by atoms with Crippen molar-refractivity contribution in [2.24, 2.45) is 23.2 Å². The Hall–Kier alpha value is -1.97. The Kier molecular flexibility index (Phi) is 4.92. The van der Waals surface area contributed by atoms with E-state index in [4.69, 9.17) is 9.47 Å². The molecule has 146 valence electrons. The number of amides is 1. The summed E-state index contributed by atoms with van der Waals surface area (Å²) in [6.07, 6.45) is 11.6. The quantitative estimate of drug-likeness (QED) is 0.754. The molecule has 1 aromatic carbocycles. The van der Waals surface area contributed by atoms with Gasteiger partial charge in [-0.2, -0.15) is 0 Å².